The van der Waals surface area contributed by atoms with Crippen molar-refractivity contribution in [1.29, 1.82) is 0 Å². The lowest BCUT2D eigenvalue weighted by Gasteiger charge is -2.25. The zero-order valence-corrected chi connectivity index (χ0v) is 9.58. The van der Waals surface area contributed by atoms with Crippen LogP contribution in [-0.2, 0) is 4.79 Å². The van der Waals surface area contributed by atoms with Gasteiger partial charge in [0.1, 0.15) is 0 Å². The topological polar surface area (TPSA) is 40.5 Å². The first kappa shape index (κ1) is 13.2. The average Bonchev–Trinajstić information content (AvgIpc) is 2.03. The van der Waals surface area contributed by atoms with E-state index in [0.717, 1.165) is 13.1 Å². The van der Waals surface area contributed by atoms with E-state index >= 15 is 0 Å². The highest BCUT2D eigenvalue weighted by Crippen LogP contribution is 2.04. The van der Waals surface area contributed by atoms with Gasteiger partial charge in [-0.25, -0.2) is 0 Å². The molecule has 0 aromatic carbocycles. The summed E-state index contributed by atoms with van der Waals surface area (Å²) in [5.41, 5.74) is 1.27. The predicted molar refractivity (Wildman–Crippen MR) is 58.4 cm³/mol. The summed E-state index contributed by atoms with van der Waals surface area (Å²) >= 11 is 0. The molecule has 0 aliphatic heterocycles. The maximum Gasteiger partial charge on any atom is 0.304 e. The molecule has 0 aliphatic carbocycles. The molecule has 0 fully saturated rings. The number of hydrogen-bond acceptors (Lipinski definition) is 2. The minimum absolute atomic E-state index is 0.105. The van der Waals surface area contributed by atoms with Gasteiger partial charge in [0.05, 0.1) is 6.42 Å². The molecular formula is C11H21NO2. The highest BCUT2D eigenvalue weighted by Gasteiger charge is 2.13. The molecule has 1 atom stereocenters. The maximum absolute atomic E-state index is 10.5. The first-order valence-corrected chi connectivity index (χ1v) is 5.06. The Labute approximate surface area is 86.4 Å². The number of carbonyl (C=O) groups is 1. The molecule has 0 bridgehead atoms. The molecule has 0 radical (unpaired) electrons. The molecule has 3 heteroatoms. The lowest BCUT2D eigenvalue weighted by Crippen LogP contribution is -2.34. The largest absolute Gasteiger partial charge is 0.481 e. The van der Waals surface area contributed by atoms with Crippen molar-refractivity contribution in [3.05, 3.63) is 11.6 Å². The fraction of sp³-hybridized carbons (Fsp3) is 0.727. The Morgan fingerprint density at radius 2 is 2.07 bits per heavy atom. The summed E-state index contributed by atoms with van der Waals surface area (Å²) < 4.78 is 0. The van der Waals surface area contributed by atoms with Crippen LogP contribution in [0.5, 0.6) is 0 Å². The lowest BCUT2D eigenvalue weighted by molar-refractivity contribution is -0.138. The molecule has 0 heterocycles. The van der Waals surface area contributed by atoms with Gasteiger partial charge >= 0.3 is 5.97 Å². The molecule has 0 saturated heterocycles. The molecule has 82 valence electrons. The van der Waals surface area contributed by atoms with Crippen molar-refractivity contribution in [3.8, 4) is 0 Å². The van der Waals surface area contributed by atoms with Crippen molar-refractivity contribution in [2.45, 2.75) is 40.2 Å². The quantitative estimate of drug-likeness (QED) is 0.666. The van der Waals surface area contributed by atoms with Crippen LogP contribution in [0.25, 0.3) is 0 Å². The number of aliphatic carboxylic acids is 1. The third-order valence-corrected chi connectivity index (χ3v) is 2.23. The van der Waals surface area contributed by atoms with E-state index in [1.165, 1.54) is 5.57 Å². The zero-order chi connectivity index (χ0) is 11.1. The van der Waals surface area contributed by atoms with Gasteiger partial charge in [0, 0.05) is 12.6 Å². The molecule has 0 spiro atoms. The SMILES string of the molecule is CCN(CC=C(C)C)C(C)CC(=O)O. The minimum Gasteiger partial charge on any atom is -0.481 e. The number of hydrogen-bond donors (Lipinski definition) is 1. The Morgan fingerprint density at radius 3 is 2.43 bits per heavy atom. The van der Waals surface area contributed by atoms with E-state index in [-0.39, 0.29) is 12.5 Å². The number of carboxylic acids is 1. The first-order chi connectivity index (χ1) is 6.47. The van der Waals surface area contributed by atoms with Crippen LogP contribution < -0.4 is 0 Å². The molecule has 0 saturated carbocycles. The third-order valence-electron chi connectivity index (χ3n) is 2.23. The number of likely N-dealkylation sites (N-methyl/N-ethyl adjacent to an activating group) is 1. The average molecular weight is 199 g/mol. The Morgan fingerprint density at radius 1 is 1.50 bits per heavy atom. The molecule has 0 aromatic rings. The Bertz CT molecular complexity index is 207. The van der Waals surface area contributed by atoms with Gasteiger partial charge in [-0.3, -0.25) is 9.69 Å². The number of carboxylic acid groups (broad SMARTS) is 1. The molecule has 1 unspecified atom stereocenters. The third kappa shape index (κ3) is 5.75. The summed E-state index contributed by atoms with van der Waals surface area (Å²) in [6.45, 7) is 9.84. The molecule has 0 amide bonds. The Balaban J connectivity index is 4.11. The molecule has 0 rings (SSSR count). The summed E-state index contributed by atoms with van der Waals surface area (Å²) in [6, 6.07) is 0.105. The zero-order valence-electron chi connectivity index (χ0n) is 9.58. The molecule has 3 nitrogen and oxygen atoms in total. The second-order valence-corrected chi connectivity index (χ2v) is 3.82. The maximum atomic E-state index is 10.5. The smallest absolute Gasteiger partial charge is 0.304 e. The van der Waals surface area contributed by atoms with E-state index in [1.807, 2.05) is 6.92 Å². The second-order valence-electron chi connectivity index (χ2n) is 3.82. The van der Waals surface area contributed by atoms with Gasteiger partial charge < -0.3 is 5.11 Å². The van der Waals surface area contributed by atoms with E-state index in [9.17, 15) is 4.79 Å². The van der Waals surface area contributed by atoms with E-state index in [2.05, 4.69) is 31.7 Å². The first-order valence-electron chi connectivity index (χ1n) is 5.06. The minimum atomic E-state index is -0.729. The molecule has 14 heavy (non-hydrogen) atoms. The van der Waals surface area contributed by atoms with Crippen LogP contribution in [0.3, 0.4) is 0 Å². The molecule has 0 aliphatic rings. The van der Waals surface area contributed by atoms with Crippen molar-refractivity contribution in [2.24, 2.45) is 0 Å². The van der Waals surface area contributed by atoms with Crippen LogP contribution in [-0.4, -0.2) is 35.1 Å². The van der Waals surface area contributed by atoms with Crippen LogP contribution >= 0.6 is 0 Å². The van der Waals surface area contributed by atoms with Crippen molar-refractivity contribution in [3.63, 3.8) is 0 Å². The summed E-state index contributed by atoms with van der Waals surface area (Å²) in [5.74, 6) is -0.729. The monoisotopic (exact) mass is 199 g/mol. The highest BCUT2D eigenvalue weighted by atomic mass is 16.4. The lowest BCUT2D eigenvalue weighted by atomic mass is 10.2. The van der Waals surface area contributed by atoms with Crippen molar-refractivity contribution in [2.75, 3.05) is 13.1 Å². The van der Waals surface area contributed by atoms with Gasteiger partial charge in [0.15, 0.2) is 0 Å². The fourth-order valence-corrected chi connectivity index (χ4v) is 1.30. The summed E-state index contributed by atoms with van der Waals surface area (Å²) in [7, 11) is 0. The van der Waals surface area contributed by atoms with Gasteiger partial charge in [-0.05, 0) is 27.3 Å². The summed E-state index contributed by atoms with van der Waals surface area (Å²) in [4.78, 5) is 12.7. The molecular weight excluding hydrogens is 178 g/mol. The van der Waals surface area contributed by atoms with Crippen molar-refractivity contribution >= 4 is 5.97 Å². The van der Waals surface area contributed by atoms with E-state index < -0.39 is 5.97 Å². The van der Waals surface area contributed by atoms with Crippen LogP contribution in [0, 0.1) is 0 Å². The van der Waals surface area contributed by atoms with E-state index in [4.69, 9.17) is 5.11 Å². The predicted octanol–water partition coefficient (Wildman–Crippen LogP) is 2.14. The standard InChI is InChI=1S/C11H21NO2/c1-5-12(7-6-9(2)3)10(4)8-11(13)14/h6,10H,5,7-8H2,1-4H3,(H,13,14). The van der Waals surface area contributed by atoms with E-state index in [0.29, 0.717) is 0 Å². The van der Waals surface area contributed by atoms with E-state index in [1.54, 1.807) is 0 Å². The van der Waals surface area contributed by atoms with Crippen LogP contribution in [0.2, 0.25) is 0 Å². The number of nitrogens with zero attached hydrogens (tertiary/aromatic N) is 1. The Kier molecular flexibility index (Phi) is 6.21. The van der Waals surface area contributed by atoms with Gasteiger partial charge in [-0.1, -0.05) is 18.6 Å². The normalized spacial score (nSPS) is 12.6. The Hall–Kier alpha value is -0.830. The summed E-state index contributed by atoms with van der Waals surface area (Å²) in [5, 5.41) is 8.66. The van der Waals surface area contributed by atoms with Crippen molar-refractivity contribution < 1.29 is 9.90 Å². The number of allylic oxidation sites excluding steroid dienone is 1. The second kappa shape index (κ2) is 6.60. The highest BCUT2D eigenvalue weighted by molar-refractivity contribution is 5.67. The van der Waals surface area contributed by atoms with Gasteiger partial charge in [0.2, 0.25) is 0 Å². The fourth-order valence-electron chi connectivity index (χ4n) is 1.30. The number of rotatable bonds is 6. The summed E-state index contributed by atoms with van der Waals surface area (Å²) in [6.07, 6.45) is 2.34. The van der Waals surface area contributed by atoms with Crippen LogP contribution in [0.4, 0.5) is 0 Å². The van der Waals surface area contributed by atoms with Crippen LogP contribution in [0.15, 0.2) is 11.6 Å². The molecule has 1 N–H and O–H groups in total. The van der Waals surface area contributed by atoms with Crippen LogP contribution in [0.1, 0.15) is 34.1 Å². The van der Waals surface area contributed by atoms with Crippen molar-refractivity contribution in [1.82, 2.24) is 4.90 Å². The molecule has 0 aromatic heterocycles. The van der Waals surface area contributed by atoms with Gasteiger partial charge in [-0.15, -0.1) is 0 Å². The van der Waals surface area contributed by atoms with Gasteiger partial charge in [0.25, 0.3) is 0 Å². The van der Waals surface area contributed by atoms with Gasteiger partial charge in [-0.2, -0.15) is 0 Å².